The van der Waals surface area contributed by atoms with Crippen molar-refractivity contribution < 1.29 is 13.3 Å². The average Bonchev–Trinajstić information content (AvgIpc) is 2.48. The smallest absolute Gasteiger partial charge is 0.258 e. The van der Waals surface area contributed by atoms with E-state index in [1.165, 1.54) is 56.4 Å². The number of nitro groups is 1. The fraction of sp³-hybridized carbons (Fsp3) is 0.571. The van der Waals surface area contributed by atoms with E-state index in [1.54, 1.807) is 0 Å². The van der Waals surface area contributed by atoms with Crippen LogP contribution in [0.5, 0.6) is 0 Å². The van der Waals surface area contributed by atoms with Gasteiger partial charge in [0.2, 0.25) is 10.0 Å². The van der Waals surface area contributed by atoms with Gasteiger partial charge in [0.1, 0.15) is 0 Å². The molecule has 1 aliphatic rings. The zero-order valence-corrected chi connectivity index (χ0v) is 12.6. The molecule has 0 saturated heterocycles. The van der Waals surface area contributed by atoms with Crippen molar-refractivity contribution in [2.24, 2.45) is 5.92 Å². The summed E-state index contributed by atoms with van der Waals surface area (Å²) >= 11 is 0. The molecule has 6 nitrogen and oxygen atoms in total. The first kappa shape index (κ1) is 15.9. The number of sulfonamides is 1. The Balaban J connectivity index is 1.90. The third kappa shape index (κ3) is 4.50. The van der Waals surface area contributed by atoms with Gasteiger partial charge in [-0.25, -0.2) is 13.1 Å². The highest BCUT2D eigenvalue weighted by molar-refractivity contribution is 7.89. The van der Waals surface area contributed by atoms with Crippen LogP contribution < -0.4 is 4.72 Å². The molecule has 7 heteroatoms. The summed E-state index contributed by atoms with van der Waals surface area (Å²) in [5, 5.41) is 10.5. The number of nitrogens with one attached hydrogen (secondary N) is 1. The van der Waals surface area contributed by atoms with Gasteiger partial charge in [-0.05, 0) is 24.5 Å². The quantitative estimate of drug-likeness (QED) is 0.646. The van der Waals surface area contributed by atoms with Crippen molar-refractivity contribution in [2.45, 2.75) is 43.4 Å². The number of hydrogen-bond donors (Lipinski definition) is 1. The maximum Gasteiger partial charge on any atom is 0.269 e. The van der Waals surface area contributed by atoms with Crippen molar-refractivity contribution in [2.75, 3.05) is 6.54 Å². The molecule has 1 fully saturated rings. The molecule has 0 amide bonds. The molecule has 1 saturated carbocycles. The zero-order valence-electron chi connectivity index (χ0n) is 11.8. The molecule has 0 aromatic heterocycles. The van der Waals surface area contributed by atoms with E-state index in [0.29, 0.717) is 12.5 Å². The zero-order chi connectivity index (χ0) is 15.3. The predicted octanol–water partition coefficient (Wildman–Crippen LogP) is 2.84. The van der Waals surface area contributed by atoms with Crippen LogP contribution in [-0.4, -0.2) is 19.9 Å². The Kier molecular flexibility index (Phi) is 5.30. The normalized spacial score (nSPS) is 16.8. The molecule has 0 atom stereocenters. The van der Waals surface area contributed by atoms with Crippen molar-refractivity contribution in [3.8, 4) is 0 Å². The van der Waals surface area contributed by atoms with E-state index in [1.807, 2.05) is 0 Å². The van der Waals surface area contributed by atoms with E-state index in [2.05, 4.69) is 4.72 Å². The van der Waals surface area contributed by atoms with Crippen molar-refractivity contribution in [3.63, 3.8) is 0 Å². The van der Waals surface area contributed by atoms with Crippen LogP contribution in [0.4, 0.5) is 5.69 Å². The van der Waals surface area contributed by atoms with Gasteiger partial charge in [0.25, 0.3) is 5.69 Å². The molecule has 1 aromatic rings. The maximum absolute atomic E-state index is 12.1. The number of nitrogens with zero attached hydrogens (tertiary/aromatic N) is 1. The minimum absolute atomic E-state index is 0.0664. The standard InChI is InChI=1S/C14H20N2O4S/c17-16(18)13-6-8-14(9-7-13)21(19,20)15-11-10-12-4-2-1-3-5-12/h6-9,12,15H,1-5,10-11H2. The molecule has 116 valence electrons. The molecule has 21 heavy (non-hydrogen) atoms. The largest absolute Gasteiger partial charge is 0.269 e. The lowest BCUT2D eigenvalue weighted by Gasteiger charge is -2.21. The summed E-state index contributed by atoms with van der Waals surface area (Å²) < 4.78 is 26.7. The Hall–Kier alpha value is -1.47. The summed E-state index contributed by atoms with van der Waals surface area (Å²) in [6, 6.07) is 4.94. The fourth-order valence-electron chi connectivity index (χ4n) is 2.70. The van der Waals surface area contributed by atoms with Crippen molar-refractivity contribution >= 4 is 15.7 Å². The van der Waals surface area contributed by atoms with Gasteiger partial charge in [-0.3, -0.25) is 10.1 Å². The van der Waals surface area contributed by atoms with Gasteiger partial charge in [0, 0.05) is 18.7 Å². The van der Waals surface area contributed by atoms with Crippen LogP contribution in [0, 0.1) is 16.0 Å². The van der Waals surface area contributed by atoms with Gasteiger partial charge >= 0.3 is 0 Å². The van der Waals surface area contributed by atoms with E-state index in [4.69, 9.17) is 0 Å². The average molecular weight is 312 g/mol. The highest BCUT2D eigenvalue weighted by Gasteiger charge is 2.17. The third-order valence-electron chi connectivity index (χ3n) is 3.93. The molecule has 2 rings (SSSR count). The highest BCUT2D eigenvalue weighted by Crippen LogP contribution is 2.26. The summed E-state index contributed by atoms with van der Waals surface area (Å²) in [5.41, 5.74) is -0.115. The summed E-state index contributed by atoms with van der Waals surface area (Å²) in [6.07, 6.45) is 6.97. The Morgan fingerprint density at radius 2 is 1.76 bits per heavy atom. The van der Waals surface area contributed by atoms with E-state index >= 15 is 0 Å². The lowest BCUT2D eigenvalue weighted by atomic mass is 9.87. The van der Waals surface area contributed by atoms with Crippen molar-refractivity contribution in [1.29, 1.82) is 0 Å². The van der Waals surface area contributed by atoms with E-state index < -0.39 is 14.9 Å². The van der Waals surface area contributed by atoms with Crippen molar-refractivity contribution in [3.05, 3.63) is 34.4 Å². The SMILES string of the molecule is O=[N+]([O-])c1ccc(S(=O)(=O)NCCC2CCCCC2)cc1. The molecule has 0 radical (unpaired) electrons. The fourth-order valence-corrected chi connectivity index (χ4v) is 3.75. The molecule has 1 N–H and O–H groups in total. The first-order valence-electron chi connectivity index (χ1n) is 7.23. The Labute approximate surface area is 124 Å². The lowest BCUT2D eigenvalue weighted by molar-refractivity contribution is -0.384. The van der Waals surface area contributed by atoms with Gasteiger partial charge in [0.15, 0.2) is 0 Å². The summed E-state index contributed by atoms with van der Waals surface area (Å²) in [6.45, 7) is 0.421. The monoisotopic (exact) mass is 312 g/mol. The first-order valence-corrected chi connectivity index (χ1v) is 8.71. The van der Waals surface area contributed by atoms with Gasteiger partial charge < -0.3 is 0 Å². The van der Waals surface area contributed by atoms with E-state index in [0.717, 1.165) is 6.42 Å². The number of hydrogen-bond acceptors (Lipinski definition) is 4. The second-order valence-corrected chi connectivity index (χ2v) is 7.21. The number of non-ortho nitro benzene ring substituents is 1. The molecule has 0 bridgehead atoms. The number of rotatable bonds is 6. The second-order valence-electron chi connectivity index (χ2n) is 5.44. The van der Waals surface area contributed by atoms with Gasteiger partial charge in [0.05, 0.1) is 9.82 Å². The van der Waals surface area contributed by atoms with E-state index in [9.17, 15) is 18.5 Å². The molecular weight excluding hydrogens is 292 g/mol. The summed E-state index contributed by atoms with van der Waals surface area (Å²) in [7, 11) is -3.58. The lowest BCUT2D eigenvalue weighted by Crippen LogP contribution is -2.26. The van der Waals surface area contributed by atoms with Crippen molar-refractivity contribution in [1.82, 2.24) is 4.72 Å². The molecule has 0 unspecified atom stereocenters. The van der Waals surface area contributed by atoms with E-state index in [-0.39, 0.29) is 10.6 Å². The van der Waals surface area contributed by atoms with Crippen LogP contribution in [0.2, 0.25) is 0 Å². The van der Waals surface area contributed by atoms with Crippen LogP contribution in [-0.2, 0) is 10.0 Å². The Morgan fingerprint density at radius 1 is 1.14 bits per heavy atom. The van der Waals surface area contributed by atoms with Gasteiger partial charge in [-0.2, -0.15) is 0 Å². The van der Waals surface area contributed by atoms with Gasteiger partial charge in [-0.15, -0.1) is 0 Å². The third-order valence-corrected chi connectivity index (χ3v) is 5.40. The summed E-state index contributed by atoms with van der Waals surface area (Å²) in [5.74, 6) is 0.610. The highest BCUT2D eigenvalue weighted by atomic mass is 32.2. The Morgan fingerprint density at radius 3 is 2.33 bits per heavy atom. The van der Waals surface area contributed by atoms with Crippen LogP contribution in [0.3, 0.4) is 0 Å². The topological polar surface area (TPSA) is 89.3 Å². The molecule has 1 aromatic carbocycles. The Bertz CT molecular complexity index is 577. The minimum Gasteiger partial charge on any atom is -0.258 e. The predicted molar refractivity (Wildman–Crippen MR) is 79.5 cm³/mol. The van der Waals surface area contributed by atoms with Crippen LogP contribution >= 0.6 is 0 Å². The minimum atomic E-state index is -3.58. The van der Waals surface area contributed by atoms with Crippen LogP contribution in [0.1, 0.15) is 38.5 Å². The van der Waals surface area contributed by atoms with Crippen LogP contribution in [0.25, 0.3) is 0 Å². The van der Waals surface area contributed by atoms with Crippen LogP contribution in [0.15, 0.2) is 29.2 Å². The molecule has 0 spiro atoms. The number of benzene rings is 1. The molecular formula is C14H20N2O4S. The first-order chi connectivity index (χ1) is 9.99. The van der Waals surface area contributed by atoms with Gasteiger partial charge in [-0.1, -0.05) is 32.1 Å². The molecule has 0 heterocycles. The molecule has 1 aliphatic carbocycles. The second kappa shape index (κ2) is 7.00. The number of nitro benzene ring substituents is 1. The summed E-state index contributed by atoms with van der Waals surface area (Å²) in [4.78, 5) is 10.1. The maximum atomic E-state index is 12.1. The molecule has 0 aliphatic heterocycles.